The van der Waals surface area contributed by atoms with E-state index in [0.29, 0.717) is 51.5 Å². The molecular formula is C65H107NO22. The van der Waals surface area contributed by atoms with Crippen LogP contribution in [0.25, 0.3) is 0 Å². The topological polar surface area (TPSA) is 360 Å². The first-order valence-electron chi connectivity index (χ1n) is 33.1. The number of fused-ring (bicyclic) bond motifs is 7. The van der Waals surface area contributed by atoms with Gasteiger partial charge in [-0.3, -0.25) is 9.59 Å². The number of hydrogen-bond acceptors (Lipinski definition) is 22. The summed E-state index contributed by atoms with van der Waals surface area (Å²) >= 11 is 0. The van der Waals surface area contributed by atoms with Gasteiger partial charge in [0.25, 0.3) is 5.91 Å². The van der Waals surface area contributed by atoms with Crippen molar-refractivity contribution in [2.45, 2.75) is 313 Å². The van der Waals surface area contributed by atoms with Gasteiger partial charge in [0.05, 0.1) is 36.4 Å². The quantitative estimate of drug-likeness (QED) is 0.0258. The molecular weight excluding hydrogens is 1150 g/mol. The minimum Gasteiger partial charge on any atom is -0.432 e. The van der Waals surface area contributed by atoms with Crippen molar-refractivity contribution in [3.05, 3.63) is 11.6 Å². The number of rotatable bonds is 21. The number of nitrogens with one attached hydrogen (secondary N) is 1. The second kappa shape index (κ2) is 27.5. The van der Waals surface area contributed by atoms with Gasteiger partial charge in [-0.2, -0.15) is 0 Å². The minimum atomic E-state index is -1.90. The molecule has 88 heavy (non-hydrogen) atoms. The summed E-state index contributed by atoms with van der Waals surface area (Å²) < 4.78 is 48.3. The molecule has 12 N–H and O–H groups in total. The smallest absolute Gasteiger partial charge is 0.317 e. The van der Waals surface area contributed by atoms with Gasteiger partial charge in [-0.15, -0.1) is 0 Å². The van der Waals surface area contributed by atoms with Crippen molar-refractivity contribution >= 4 is 18.2 Å². The van der Waals surface area contributed by atoms with Gasteiger partial charge in [0, 0.05) is 6.54 Å². The van der Waals surface area contributed by atoms with Crippen LogP contribution >= 0.6 is 0 Å². The molecule has 5 aliphatic carbocycles. The fourth-order valence-corrected chi connectivity index (χ4v) is 18.0. The Balaban J connectivity index is 0.893. The van der Waals surface area contributed by atoms with Crippen LogP contribution in [0, 0.1) is 50.2 Å². The Bertz CT molecular complexity index is 2420. The molecule has 8 fully saturated rings. The lowest BCUT2D eigenvalue weighted by Crippen LogP contribution is -2.69. The monoisotopic (exact) mass is 1250 g/mol. The molecule has 9 aliphatic rings. The number of ether oxygens (including phenoxy) is 8. The van der Waals surface area contributed by atoms with Crippen LogP contribution in [0.2, 0.25) is 0 Å². The molecule has 0 radical (unpaired) electrons. The van der Waals surface area contributed by atoms with Crippen molar-refractivity contribution in [3.63, 3.8) is 0 Å². The number of aliphatic hydroxyl groups is 11. The van der Waals surface area contributed by atoms with E-state index in [1.54, 1.807) is 0 Å². The van der Waals surface area contributed by atoms with E-state index in [-0.39, 0.29) is 36.7 Å². The van der Waals surface area contributed by atoms with Gasteiger partial charge in [0.1, 0.15) is 78.8 Å². The van der Waals surface area contributed by atoms with Crippen molar-refractivity contribution in [3.8, 4) is 0 Å². The van der Waals surface area contributed by atoms with E-state index in [0.717, 1.165) is 37.5 Å². The Morgan fingerprint density at radius 2 is 1.22 bits per heavy atom. The Kier molecular flexibility index (Phi) is 21.9. The fraction of sp³-hybridized carbons (Fsp3) is 0.923. The van der Waals surface area contributed by atoms with Crippen molar-refractivity contribution in [2.75, 3.05) is 13.2 Å². The van der Waals surface area contributed by atoms with E-state index in [1.807, 2.05) is 6.92 Å². The number of esters is 1. The largest absolute Gasteiger partial charge is 0.432 e. The maximum absolute atomic E-state index is 15.5. The standard InChI is InChI=1S/C65H107NO22/c1-10-11-12-13-14-15-16-17-18-19-28-66-54(79)52-46(74)44(72)49(77)57(86-52)84-41-23-24-61(6)38(62(41,7)32-67)22-25-63(8)39(61)21-20-35-36-29-60(4,5)26-27-65(36,40(69)30-64(35,63)9)59(80)88-58-53(45(73)42(70)33(2)82-58)87-56-50(78)47(75)51(34(3)83-56)85-55-48(76)43(71)37(68)31-81-55/h20,32-34,36-53,55-58,68-78H,10-19,21-31H2,1-9H3,(H,66,79)/t33?,34?,36?,37-,38-,39?,40?,41+,42+,43+,44+,45+,46+,47-,48?,49?,50?,51+,52?,53?,55+,56+,57-,58+,61?,62-,63+,64-,65-/m1/s1. The molecule has 9 rings (SSSR count). The molecule has 29 atom stereocenters. The van der Waals surface area contributed by atoms with Gasteiger partial charge < -0.3 is 104 Å². The van der Waals surface area contributed by atoms with Gasteiger partial charge in [-0.25, -0.2) is 0 Å². The Morgan fingerprint density at radius 3 is 1.89 bits per heavy atom. The Labute approximate surface area is 518 Å². The number of aliphatic hydroxyl groups excluding tert-OH is 11. The fourth-order valence-electron chi connectivity index (χ4n) is 18.0. The molecule has 0 aromatic heterocycles. The summed E-state index contributed by atoms with van der Waals surface area (Å²) in [7, 11) is 0. The zero-order valence-corrected chi connectivity index (χ0v) is 53.3. The first kappa shape index (κ1) is 70.0. The van der Waals surface area contributed by atoms with Crippen molar-refractivity contribution < 1.29 is 108 Å². The molecule has 0 aromatic carbocycles. The summed E-state index contributed by atoms with van der Waals surface area (Å²) in [6.45, 7) is 18.0. The summed E-state index contributed by atoms with van der Waals surface area (Å²) in [6, 6.07) is 0. The van der Waals surface area contributed by atoms with Gasteiger partial charge in [-0.05, 0) is 117 Å². The molecule has 11 unspecified atom stereocenters. The maximum Gasteiger partial charge on any atom is 0.317 e. The molecule has 4 saturated heterocycles. The van der Waals surface area contributed by atoms with E-state index >= 15 is 4.79 Å². The van der Waals surface area contributed by atoms with Crippen LogP contribution in [0.3, 0.4) is 0 Å². The zero-order chi connectivity index (χ0) is 64.2. The third-order valence-electron chi connectivity index (χ3n) is 23.8. The van der Waals surface area contributed by atoms with Crippen molar-refractivity contribution in [1.29, 1.82) is 0 Å². The number of amides is 1. The molecule has 23 nitrogen and oxygen atoms in total. The molecule has 23 heteroatoms. The number of carbonyl (C=O) groups excluding carboxylic acids is 3. The lowest BCUT2D eigenvalue weighted by molar-refractivity contribution is -0.373. The number of aldehydes is 1. The molecule has 0 bridgehead atoms. The number of carbonyl (C=O) groups is 3. The van der Waals surface area contributed by atoms with E-state index in [2.05, 4.69) is 52.9 Å². The lowest BCUT2D eigenvalue weighted by atomic mass is 9.33. The van der Waals surface area contributed by atoms with Crippen LogP contribution in [0.15, 0.2) is 11.6 Å². The molecule has 1 amide bonds. The molecule has 4 saturated carbocycles. The van der Waals surface area contributed by atoms with E-state index in [4.69, 9.17) is 37.9 Å². The van der Waals surface area contributed by atoms with Crippen LogP contribution in [0.5, 0.6) is 0 Å². The average molecular weight is 1250 g/mol. The zero-order valence-electron chi connectivity index (χ0n) is 53.3. The minimum absolute atomic E-state index is 0.0226. The normalized spacial score (nSPS) is 49.2. The van der Waals surface area contributed by atoms with Crippen molar-refractivity contribution in [2.24, 2.45) is 50.2 Å². The van der Waals surface area contributed by atoms with E-state index in [9.17, 15) is 65.8 Å². The molecule has 0 spiro atoms. The first-order chi connectivity index (χ1) is 41.5. The Morgan fingerprint density at radius 1 is 0.614 bits per heavy atom. The van der Waals surface area contributed by atoms with Crippen LogP contribution in [-0.4, -0.2) is 216 Å². The Hall–Kier alpha value is -2.37. The first-order valence-corrected chi connectivity index (χ1v) is 33.1. The van der Waals surface area contributed by atoms with Crippen LogP contribution in [0.4, 0.5) is 0 Å². The predicted octanol–water partition coefficient (Wildman–Crippen LogP) is 2.85. The van der Waals surface area contributed by atoms with Gasteiger partial charge >= 0.3 is 5.97 Å². The number of hydrogen-bond donors (Lipinski definition) is 12. The highest BCUT2D eigenvalue weighted by atomic mass is 16.8. The molecule has 0 aromatic rings. The van der Waals surface area contributed by atoms with Gasteiger partial charge in [0.2, 0.25) is 6.29 Å². The summed E-state index contributed by atoms with van der Waals surface area (Å²) in [4.78, 5) is 42.8. The summed E-state index contributed by atoms with van der Waals surface area (Å²) in [5.41, 5.74) is -3.49. The van der Waals surface area contributed by atoms with Crippen LogP contribution in [-0.2, 0) is 52.3 Å². The molecule has 4 aliphatic heterocycles. The third kappa shape index (κ3) is 12.7. The van der Waals surface area contributed by atoms with Gasteiger partial charge in [0.15, 0.2) is 31.1 Å². The predicted molar refractivity (Wildman–Crippen MR) is 314 cm³/mol. The lowest BCUT2D eigenvalue weighted by Gasteiger charge is -2.71. The maximum atomic E-state index is 15.5. The van der Waals surface area contributed by atoms with Crippen molar-refractivity contribution in [1.82, 2.24) is 5.32 Å². The van der Waals surface area contributed by atoms with E-state index in [1.165, 1.54) is 52.4 Å². The SMILES string of the molecule is CCCCCCCCCCCCNC(=O)C1O[C@@H](O[C@H]2CCC3(C)C4CC=C5C6CC(C)(C)CC[C@]6(C(=O)O[C@@H]6OC(C)[C@H](O)[C@H](O)C6O[C@@H]6OC(C)[C@H](O[C@@H]7OC[C@@H](O)[C@H](O)C7O)[C@H](O)C6O)C(O)C[C@@]5(C)[C@@]4(C)CC[C@H]3[C@@]2(C)C=O)C(O)[C@@H](O)[C@@H]1O. The third-order valence-corrected chi connectivity index (χ3v) is 23.8. The van der Waals surface area contributed by atoms with E-state index < -0.39 is 174 Å². The second-order valence-electron chi connectivity index (χ2n) is 29.7. The van der Waals surface area contributed by atoms with Gasteiger partial charge in [-0.1, -0.05) is 118 Å². The summed E-state index contributed by atoms with van der Waals surface area (Å²) in [5, 5.41) is 126. The number of unbranched alkanes of at least 4 members (excludes halogenated alkanes) is 9. The average Bonchev–Trinajstić information content (AvgIpc) is 0.707. The highest BCUT2D eigenvalue weighted by Gasteiger charge is 2.73. The summed E-state index contributed by atoms with van der Waals surface area (Å²) in [5.74, 6) is -2.21. The summed E-state index contributed by atoms with van der Waals surface area (Å²) in [6.07, 6.45) is -13.5. The number of allylic oxidation sites excluding steroid dienone is 2. The second-order valence-corrected chi connectivity index (χ2v) is 29.7. The molecule has 4 heterocycles. The molecule has 504 valence electrons. The highest BCUT2D eigenvalue weighted by molar-refractivity contribution is 5.82. The van der Waals surface area contributed by atoms with Crippen LogP contribution < -0.4 is 5.32 Å². The van der Waals surface area contributed by atoms with Crippen LogP contribution in [0.1, 0.15) is 184 Å². The highest BCUT2D eigenvalue weighted by Crippen LogP contribution is 2.76.